The Balaban J connectivity index is 1.55. The van der Waals surface area contributed by atoms with Crippen molar-refractivity contribution in [1.29, 1.82) is 0 Å². The fraction of sp³-hybridized carbons (Fsp3) is 0.579. The number of amides is 1. The van der Waals surface area contributed by atoms with Crippen LogP contribution in [0.2, 0.25) is 0 Å². The van der Waals surface area contributed by atoms with Gasteiger partial charge in [-0.15, -0.1) is 0 Å². The molecule has 2 bridgehead atoms. The van der Waals surface area contributed by atoms with Crippen LogP contribution in [-0.4, -0.2) is 50.3 Å². The maximum absolute atomic E-state index is 11.7. The Hall–Kier alpha value is -2.08. The van der Waals surface area contributed by atoms with Crippen LogP contribution < -0.4 is 16.0 Å². The van der Waals surface area contributed by atoms with Crippen molar-refractivity contribution in [1.82, 2.24) is 16.0 Å². The molecule has 3 N–H and O–H groups in total. The van der Waals surface area contributed by atoms with Crippen molar-refractivity contribution in [2.75, 3.05) is 20.1 Å². The zero-order chi connectivity index (χ0) is 17.6. The van der Waals surface area contributed by atoms with Crippen molar-refractivity contribution >= 4 is 11.9 Å². The number of carbonyl (C=O) groups is 1. The monoisotopic (exact) mass is 344 g/mol. The number of ether oxygens (including phenoxy) is 1. The largest absolute Gasteiger partial charge is 0.373 e. The molecule has 3 atom stereocenters. The smallest absolute Gasteiger partial charge is 0.251 e. The molecule has 2 fully saturated rings. The maximum atomic E-state index is 11.7. The van der Waals surface area contributed by atoms with Gasteiger partial charge in [-0.25, -0.2) is 0 Å². The summed E-state index contributed by atoms with van der Waals surface area (Å²) in [5.41, 5.74) is 1.80. The third kappa shape index (κ3) is 4.51. The Morgan fingerprint density at radius 1 is 1.36 bits per heavy atom. The molecule has 0 saturated carbocycles. The van der Waals surface area contributed by atoms with E-state index in [1.165, 1.54) is 6.42 Å². The predicted octanol–water partition coefficient (Wildman–Crippen LogP) is 1.46. The SMILES string of the molecule is CCNC(=NCCc1cccc(C(=O)NC)c1)NC1CC2CCC1O2. The molecule has 6 heteroatoms. The molecule has 0 spiro atoms. The summed E-state index contributed by atoms with van der Waals surface area (Å²) >= 11 is 0. The van der Waals surface area contributed by atoms with E-state index in [0.29, 0.717) is 30.4 Å². The highest BCUT2D eigenvalue weighted by Crippen LogP contribution is 2.34. The maximum Gasteiger partial charge on any atom is 0.251 e. The van der Waals surface area contributed by atoms with E-state index < -0.39 is 0 Å². The van der Waals surface area contributed by atoms with Crippen LogP contribution in [0.5, 0.6) is 0 Å². The van der Waals surface area contributed by atoms with Gasteiger partial charge in [0.05, 0.1) is 18.2 Å². The number of hydrogen-bond donors (Lipinski definition) is 3. The van der Waals surface area contributed by atoms with Gasteiger partial charge in [-0.2, -0.15) is 0 Å². The number of nitrogens with one attached hydrogen (secondary N) is 3. The molecule has 0 radical (unpaired) electrons. The van der Waals surface area contributed by atoms with Crippen LogP contribution >= 0.6 is 0 Å². The average Bonchev–Trinajstić information content (AvgIpc) is 3.24. The fourth-order valence-electron chi connectivity index (χ4n) is 3.59. The highest BCUT2D eigenvalue weighted by atomic mass is 16.5. The van der Waals surface area contributed by atoms with Crippen molar-refractivity contribution in [3.63, 3.8) is 0 Å². The Morgan fingerprint density at radius 3 is 2.92 bits per heavy atom. The van der Waals surface area contributed by atoms with Gasteiger partial charge in [0.15, 0.2) is 5.96 Å². The first kappa shape index (κ1) is 17.7. The lowest BCUT2D eigenvalue weighted by Gasteiger charge is -2.22. The number of aliphatic imine (C=N–C) groups is 1. The second-order valence-corrected chi connectivity index (χ2v) is 6.65. The van der Waals surface area contributed by atoms with E-state index in [0.717, 1.165) is 37.3 Å². The van der Waals surface area contributed by atoms with E-state index in [-0.39, 0.29) is 5.91 Å². The highest BCUT2D eigenvalue weighted by molar-refractivity contribution is 5.94. The molecule has 0 aromatic heterocycles. The van der Waals surface area contributed by atoms with E-state index in [9.17, 15) is 4.79 Å². The Morgan fingerprint density at radius 2 is 2.24 bits per heavy atom. The third-order valence-electron chi connectivity index (χ3n) is 4.86. The topological polar surface area (TPSA) is 74.8 Å². The summed E-state index contributed by atoms with van der Waals surface area (Å²) in [4.78, 5) is 16.4. The van der Waals surface area contributed by atoms with Crippen molar-refractivity contribution < 1.29 is 9.53 Å². The zero-order valence-electron chi connectivity index (χ0n) is 15.0. The molecule has 0 aliphatic carbocycles. The van der Waals surface area contributed by atoms with Gasteiger partial charge in [0.2, 0.25) is 0 Å². The number of fused-ring (bicyclic) bond motifs is 2. The molecule has 1 aromatic rings. The second kappa shape index (κ2) is 8.34. The minimum atomic E-state index is -0.0587. The van der Waals surface area contributed by atoms with Gasteiger partial charge in [-0.1, -0.05) is 12.1 Å². The van der Waals surface area contributed by atoms with Crippen LogP contribution in [0.3, 0.4) is 0 Å². The lowest BCUT2D eigenvalue weighted by molar-refractivity contribution is 0.0962. The summed E-state index contributed by atoms with van der Waals surface area (Å²) in [7, 11) is 1.65. The van der Waals surface area contributed by atoms with Gasteiger partial charge in [-0.3, -0.25) is 9.79 Å². The molecule has 2 aliphatic rings. The number of rotatable bonds is 6. The van der Waals surface area contributed by atoms with Gasteiger partial charge in [0.25, 0.3) is 5.91 Å². The number of benzene rings is 1. The minimum absolute atomic E-state index is 0.0587. The zero-order valence-corrected chi connectivity index (χ0v) is 15.0. The van der Waals surface area contributed by atoms with E-state index in [2.05, 4.69) is 27.9 Å². The Kier molecular flexibility index (Phi) is 5.91. The standard InChI is InChI=1S/C19H28N4O2/c1-3-21-19(23-16-12-15-7-8-17(16)25-15)22-10-9-13-5-4-6-14(11-13)18(24)20-2/h4-6,11,15-17H,3,7-10,12H2,1-2H3,(H,20,24)(H2,21,22,23). The summed E-state index contributed by atoms with van der Waals surface area (Å²) in [6.45, 7) is 3.58. The third-order valence-corrected chi connectivity index (χ3v) is 4.86. The normalized spacial score (nSPS) is 25.0. The lowest BCUT2D eigenvalue weighted by Crippen LogP contribution is -2.47. The molecule has 2 saturated heterocycles. The van der Waals surface area contributed by atoms with Gasteiger partial charge in [0.1, 0.15) is 0 Å². The van der Waals surface area contributed by atoms with Crippen LogP contribution in [0.15, 0.2) is 29.3 Å². The van der Waals surface area contributed by atoms with Crippen molar-refractivity contribution in [3.05, 3.63) is 35.4 Å². The number of guanidine groups is 1. The first-order valence-corrected chi connectivity index (χ1v) is 9.21. The molecule has 6 nitrogen and oxygen atoms in total. The molecule has 3 rings (SSSR count). The predicted molar refractivity (Wildman–Crippen MR) is 99.0 cm³/mol. The molecule has 25 heavy (non-hydrogen) atoms. The van der Waals surface area contributed by atoms with Gasteiger partial charge in [-0.05, 0) is 50.3 Å². The van der Waals surface area contributed by atoms with Gasteiger partial charge >= 0.3 is 0 Å². The number of hydrogen-bond acceptors (Lipinski definition) is 3. The summed E-state index contributed by atoms with van der Waals surface area (Å²) < 4.78 is 5.90. The summed E-state index contributed by atoms with van der Waals surface area (Å²) in [6, 6.07) is 8.07. The van der Waals surface area contributed by atoms with Gasteiger partial charge < -0.3 is 20.7 Å². The Bertz CT molecular complexity index is 632. The van der Waals surface area contributed by atoms with E-state index in [1.54, 1.807) is 7.05 Å². The lowest BCUT2D eigenvalue weighted by atomic mass is 9.96. The highest BCUT2D eigenvalue weighted by Gasteiger charge is 2.41. The van der Waals surface area contributed by atoms with Crippen molar-refractivity contribution in [2.45, 2.75) is 50.9 Å². The molecule has 3 unspecified atom stereocenters. The van der Waals surface area contributed by atoms with Gasteiger partial charge in [0, 0.05) is 25.7 Å². The molecular formula is C19H28N4O2. The molecule has 2 aliphatic heterocycles. The van der Waals surface area contributed by atoms with Crippen molar-refractivity contribution in [3.8, 4) is 0 Å². The van der Waals surface area contributed by atoms with E-state index >= 15 is 0 Å². The molecule has 1 amide bonds. The first-order chi connectivity index (χ1) is 12.2. The average molecular weight is 344 g/mol. The summed E-state index contributed by atoms with van der Waals surface area (Å²) in [6.07, 6.45) is 4.97. The first-order valence-electron chi connectivity index (χ1n) is 9.21. The number of nitrogens with zero attached hydrogens (tertiary/aromatic N) is 1. The fourth-order valence-corrected chi connectivity index (χ4v) is 3.59. The Labute approximate surface area is 149 Å². The van der Waals surface area contributed by atoms with Crippen LogP contribution in [0, 0.1) is 0 Å². The van der Waals surface area contributed by atoms with Crippen LogP contribution in [0.4, 0.5) is 0 Å². The summed E-state index contributed by atoms with van der Waals surface area (Å²) in [5.74, 6) is 0.794. The van der Waals surface area contributed by atoms with Crippen LogP contribution in [-0.2, 0) is 11.2 Å². The van der Waals surface area contributed by atoms with E-state index in [1.807, 2.05) is 24.3 Å². The minimum Gasteiger partial charge on any atom is -0.373 e. The van der Waals surface area contributed by atoms with Crippen LogP contribution in [0.1, 0.15) is 42.1 Å². The van der Waals surface area contributed by atoms with E-state index in [4.69, 9.17) is 4.74 Å². The van der Waals surface area contributed by atoms with Crippen molar-refractivity contribution in [2.24, 2.45) is 4.99 Å². The number of carbonyl (C=O) groups excluding carboxylic acids is 1. The molecular weight excluding hydrogens is 316 g/mol. The van der Waals surface area contributed by atoms with Crippen LogP contribution in [0.25, 0.3) is 0 Å². The molecule has 1 aromatic carbocycles. The summed E-state index contributed by atoms with van der Waals surface area (Å²) in [5, 5.41) is 9.49. The quantitative estimate of drug-likeness (QED) is 0.540. The molecule has 136 valence electrons. The molecule has 2 heterocycles. The second-order valence-electron chi connectivity index (χ2n) is 6.65.